The molecule has 3 N–H and O–H groups in total. The summed E-state index contributed by atoms with van der Waals surface area (Å²) in [6.45, 7) is 5.51. The molecule has 2 aliphatic rings. The fraction of sp³-hybridized carbons (Fsp3) is 0.370. The molecule has 2 aromatic rings. The molecular formula is C27H29ClN4O6. The number of carbonyl (C=O) groups excluding carboxylic acids is 5. The first kappa shape index (κ1) is 27.1. The van der Waals surface area contributed by atoms with Gasteiger partial charge in [-0.3, -0.25) is 24.5 Å². The van der Waals surface area contributed by atoms with E-state index in [1.54, 1.807) is 63.2 Å². The van der Waals surface area contributed by atoms with Crippen molar-refractivity contribution >= 4 is 41.3 Å². The van der Waals surface area contributed by atoms with Gasteiger partial charge in [-0.1, -0.05) is 41.9 Å². The van der Waals surface area contributed by atoms with Crippen molar-refractivity contribution in [3.05, 3.63) is 69.7 Å². The number of nitrogens with zero attached hydrogens (tertiary/aromatic N) is 1. The Kier molecular flexibility index (Phi) is 7.73. The summed E-state index contributed by atoms with van der Waals surface area (Å²) >= 11 is 6.31. The third-order valence-corrected chi connectivity index (χ3v) is 6.54. The van der Waals surface area contributed by atoms with Crippen molar-refractivity contribution in [2.45, 2.75) is 64.4 Å². The van der Waals surface area contributed by atoms with E-state index in [0.717, 1.165) is 11.1 Å². The summed E-state index contributed by atoms with van der Waals surface area (Å²) in [5.41, 5.74) is 1.59. The first-order valence-corrected chi connectivity index (χ1v) is 12.6. The van der Waals surface area contributed by atoms with E-state index >= 15 is 0 Å². The summed E-state index contributed by atoms with van der Waals surface area (Å²) in [4.78, 5) is 63.8. The Morgan fingerprint density at radius 3 is 2.58 bits per heavy atom. The van der Waals surface area contributed by atoms with E-state index < -0.39 is 35.6 Å². The summed E-state index contributed by atoms with van der Waals surface area (Å²) in [5, 5.41) is 8.00. The van der Waals surface area contributed by atoms with Gasteiger partial charge in [0.15, 0.2) is 0 Å². The van der Waals surface area contributed by atoms with Crippen LogP contribution in [-0.4, -0.2) is 46.3 Å². The van der Waals surface area contributed by atoms with Crippen LogP contribution in [0.15, 0.2) is 42.5 Å². The number of halogens is 1. The summed E-state index contributed by atoms with van der Waals surface area (Å²) in [6.07, 6.45) is -0.304. The van der Waals surface area contributed by atoms with Crippen LogP contribution < -0.4 is 16.0 Å². The highest BCUT2D eigenvalue weighted by molar-refractivity contribution is 6.31. The Morgan fingerprint density at radius 1 is 1.16 bits per heavy atom. The SMILES string of the molecule is CC(C)(C)OC(=O)NC(C(=O)NCc1ccc2c(c1)CN(C1CCC(=O)NC1=O)C2=O)c1ccccc1Cl. The number of hydrogen-bond donors (Lipinski definition) is 3. The average Bonchev–Trinajstić information content (AvgIpc) is 3.16. The van der Waals surface area contributed by atoms with Gasteiger partial charge in [-0.2, -0.15) is 0 Å². The largest absolute Gasteiger partial charge is 0.444 e. The number of carbonyl (C=O) groups is 5. The molecule has 200 valence electrons. The maximum Gasteiger partial charge on any atom is 0.408 e. The maximum atomic E-state index is 13.2. The molecule has 11 heteroatoms. The minimum atomic E-state index is -1.10. The van der Waals surface area contributed by atoms with Gasteiger partial charge in [0.2, 0.25) is 17.7 Å². The summed E-state index contributed by atoms with van der Waals surface area (Å²) in [6, 6.07) is 10.1. The molecule has 38 heavy (non-hydrogen) atoms. The van der Waals surface area contributed by atoms with Gasteiger partial charge in [0.1, 0.15) is 17.7 Å². The molecule has 2 unspecified atom stereocenters. The molecule has 2 aromatic carbocycles. The van der Waals surface area contributed by atoms with Crippen molar-refractivity contribution in [2.24, 2.45) is 0 Å². The zero-order valence-electron chi connectivity index (χ0n) is 21.3. The van der Waals surface area contributed by atoms with Crippen LogP contribution in [0.2, 0.25) is 5.02 Å². The number of nitrogens with one attached hydrogen (secondary N) is 3. The molecule has 2 heterocycles. The van der Waals surface area contributed by atoms with Crippen molar-refractivity contribution in [3.63, 3.8) is 0 Å². The van der Waals surface area contributed by atoms with Crippen molar-refractivity contribution < 1.29 is 28.7 Å². The van der Waals surface area contributed by atoms with Crippen LogP contribution in [0.4, 0.5) is 4.79 Å². The Labute approximate surface area is 225 Å². The van der Waals surface area contributed by atoms with Gasteiger partial charge in [0.25, 0.3) is 5.91 Å². The van der Waals surface area contributed by atoms with E-state index in [2.05, 4.69) is 16.0 Å². The predicted octanol–water partition coefficient (Wildman–Crippen LogP) is 2.98. The first-order chi connectivity index (χ1) is 17.9. The molecular weight excluding hydrogens is 512 g/mol. The normalized spacial score (nSPS) is 17.9. The van der Waals surface area contributed by atoms with Crippen molar-refractivity contribution in [3.8, 4) is 0 Å². The molecule has 2 aliphatic heterocycles. The van der Waals surface area contributed by atoms with Crippen molar-refractivity contribution in [1.82, 2.24) is 20.9 Å². The highest BCUT2D eigenvalue weighted by Gasteiger charge is 2.39. The second-order valence-corrected chi connectivity index (χ2v) is 10.6. The van der Waals surface area contributed by atoms with Gasteiger partial charge < -0.3 is 20.3 Å². The molecule has 1 saturated heterocycles. The van der Waals surface area contributed by atoms with Crippen LogP contribution in [0, 0.1) is 0 Å². The number of fused-ring (bicyclic) bond motifs is 1. The van der Waals surface area contributed by atoms with Crippen LogP contribution in [0.5, 0.6) is 0 Å². The third kappa shape index (κ3) is 6.13. The van der Waals surface area contributed by atoms with E-state index in [9.17, 15) is 24.0 Å². The molecule has 0 bridgehead atoms. The minimum Gasteiger partial charge on any atom is -0.444 e. The highest BCUT2D eigenvalue weighted by Crippen LogP contribution is 2.28. The number of piperidine rings is 1. The van der Waals surface area contributed by atoms with E-state index in [4.69, 9.17) is 16.3 Å². The van der Waals surface area contributed by atoms with E-state index in [1.165, 1.54) is 4.90 Å². The van der Waals surface area contributed by atoms with Crippen LogP contribution >= 0.6 is 11.6 Å². The molecule has 0 saturated carbocycles. The lowest BCUT2D eigenvalue weighted by Gasteiger charge is -2.29. The van der Waals surface area contributed by atoms with Gasteiger partial charge in [-0.05, 0) is 50.5 Å². The Hall–Kier alpha value is -3.92. The minimum absolute atomic E-state index is 0.121. The molecule has 10 nitrogen and oxygen atoms in total. The van der Waals surface area contributed by atoms with E-state index in [0.29, 0.717) is 16.1 Å². The van der Waals surface area contributed by atoms with Gasteiger partial charge in [-0.15, -0.1) is 0 Å². The quantitative estimate of drug-likeness (QED) is 0.482. The second kappa shape index (κ2) is 10.8. The van der Waals surface area contributed by atoms with Crippen LogP contribution in [0.25, 0.3) is 0 Å². The van der Waals surface area contributed by atoms with E-state index in [-0.39, 0.29) is 37.7 Å². The highest BCUT2D eigenvalue weighted by atomic mass is 35.5. The monoisotopic (exact) mass is 540 g/mol. The van der Waals surface area contributed by atoms with Crippen LogP contribution in [0.1, 0.15) is 66.7 Å². The van der Waals surface area contributed by atoms with Gasteiger partial charge in [0, 0.05) is 35.7 Å². The lowest BCUT2D eigenvalue weighted by Crippen LogP contribution is -2.52. The summed E-state index contributed by atoms with van der Waals surface area (Å²) in [7, 11) is 0. The standard InChI is InChI=1S/C27H29ClN4O6/c1-27(2,3)38-26(37)31-22(18-6-4-5-7-19(18)28)24(35)29-13-15-8-9-17-16(12-15)14-32(25(17)36)20-10-11-21(33)30-23(20)34/h4-9,12,20,22H,10-11,13-14H2,1-3H3,(H,29,35)(H,31,37)(H,30,33,34). The van der Waals surface area contributed by atoms with E-state index in [1.807, 2.05) is 0 Å². The number of imide groups is 1. The predicted molar refractivity (Wildman–Crippen MR) is 138 cm³/mol. The summed E-state index contributed by atoms with van der Waals surface area (Å²) in [5.74, 6) is -1.58. The number of rotatable bonds is 6. The van der Waals surface area contributed by atoms with Crippen molar-refractivity contribution in [1.29, 1.82) is 0 Å². The number of amides is 5. The average molecular weight is 541 g/mol. The Morgan fingerprint density at radius 2 is 1.89 bits per heavy atom. The zero-order valence-corrected chi connectivity index (χ0v) is 22.1. The summed E-state index contributed by atoms with van der Waals surface area (Å²) < 4.78 is 5.32. The lowest BCUT2D eigenvalue weighted by atomic mass is 10.0. The first-order valence-electron chi connectivity index (χ1n) is 12.2. The molecule has 1 fully saturated rings. The lowest BCUT2D eigenvalue weighted by molar-refractivity contribution is -0.137. The number of benzene rings is 2. The number of alkyl carbamates (subject to hydrolysis) is 1. The third-order valence-electron chi connectivity index (χ3n) is 6.19. The van der Waals surface area contributed by atoms with Crippen molar-refractivity contribution in [2.75, 3.05) is 0 Å². The van der Waals surface area contributed by atoms with Gasteiger partial charge in [-0.25, -0.2) is 4.79 Å². The number of hydrogen-bond acceptors (Lipinski definition) is 6. The topological polar surface area (TPSA) is 134 Å². The van der Waals surface area contributed by atoms with Crippen LogP contribution in [-0.2, 0) is 32.2 Å². The second-order valence-electron chi connectivity index (χ2n) is 10.2. The molecule has 2 atom stereocenters. The molecule has 0 aromatic heterocycles. The fourth-order valence-corrected chi connectivity index (χ4v) is 4.69. The zero-order chi connectivity index (χ0) is 27.6. The molecule has 4 rings (SSSR count). The maximum absolute atomic E-state index is 13.2. The molecule has 5 amide bonds. The molecule has 0 aliphatic carbocycles. The fourth-order valence-electron chi connectivity index (χ4n) is 4.45. The van der Waals surface area contributed by atoms with Gasteiger partial charge >= 0.3 is 6.09 Å². The molecule has 0 spiro atoms. The smallest absolute Gasteiger partial charge is 0.408 e. The van der Waals surface area contributed by atoms with Gasteiger partial charge in [0.05, 0.1) is 0 Å². The van der Waals surface area contributed by atoms with Crippen LogP contribution in [0.3, 0.4) is 0 Å². The number of ether oxygens (including phenoxy) is 1. The Bertz CT molecular complexity index is 1300. The Balaban J connectivity index is 1.46. The molecule has 0 radical (unpaired) electrons.